The van der Waals surface area contributed by atoms with Crippen LogP contribution in [0.1, 0.15) is 11.1 Å². The standard InChI is InChI=1S/C20H19N3O4S3/c1-25-15-5-2-13(3-6-15)10-28-19-22-23-20(30-19)29-11-18(24)21-9-14-4-7-16-17(8-14)27-12-26-16/h2-8H,9-12H2,1H3,(H,21,24). The second kappa shape index (κ2) is 10.1. The number of hydrogen-bond acceptors (Lipinski definition) is 9. The van der Waals surface area contributed by atoms with Gasteiger partial charge in [-0.1, -0.05) is 53.1 Å². The molecule has 1 aromatic heterocycles. The largest absolute Gasteiger partial charge is 0.497 e. The molecule has 0 unspecified atom stereocenters. The van der Waals surface area contributed by atoms with Crippen LogP contribution in [0, 0.1) is 0 Å². The molecule has 10 heteroatoms. The van der Waals surface area contributed by atoms with Crippen molar-refractivity contribution in [3.8, 4) is 17.2 Å². The third-order valence-electron chi connectivity index (χ3n) is 4.16. The molecule has 2 heterocycles. The van der Waals surface area contributed by atoms with Crippen molar-refractivity contribution in [2.24, 2.45) is 0 Å². The Morgan fingerprint density at radius 2 is 1.80 bits per heavy atom. The first-order valence-electron chi connectivity index (χ1n) is 9.07. The molecular formula is C20H19N3O4S3. The maximum absolute atomic E-state index is 12.1. The molecule has 2 aromatic carbocycles. The van der Waals surface area contributed by atoms with E-state index in [2.05, 4.69) is 15.5 Å². The second-order valence-corrected chi connectivity index (χ2v) is 9.65. The van der Waals surface area contributed by atoms with E-state index in [9.17, 15) is 4.79 Å². The van der Waals surface area contributed by atoms with Crippen LogP contribution in [-0.4, -0.2) is 35.8 Å². The normalized spacial score (nSPS) is 12.0. The average molecular weight is 462 g/mol. The van der Waals surface area contributed by atoms with E-state index in [1.54, 1.807) is 18.9 Å². The third-order valence-corrected chi connectivity index (χ3v) is 7.42. The molecule has 1 aliphatic heterocycles. The number of ether oxygens (including phenoxy) is 3. The van der Waals surface area contributed by atoms with E-state index in [1.807, 2.05) is 42.5 Å². The van der Waals surface area contributed by atoms with Crippen molar-refractivity contribution in [3.05, 3.63) is 53.6 Å². The van der Waals surface area contributed by atoms with E-state index >= 15 is 0 Å². The summed E-state index contributed by atoms with van der Waals surface area (Å²) >= 11 is 4.52. The molecule has 1 N–H and O–H groups in total. The van der Waals surface area contributed by atoms with E-state index in [0.29, 0.717) is 18.0 Å². The fraction of sp³-hybridized carbons (Fsp3) is 0.250. The van der Waals surface area contributed by atoms with Gasteiger partial charge in [0.15, 0.2) is 20.2 Å². The lowest BCUT2D eigenvalue weighted by molar-refractivity contribution is -0.118. The first kappa shape index (κ1) is 20.8. The zero-order chi connectivity index (χ0) is 20.8. The van der Waals surface area contributed by atoms with Gasteiger partial charge in [0, 0.05) is 12.3 Å². The summed E-state index contributed by atoms with van der Waals surface area (Å²) in [5.41, 5.74) is 2.15. The van der Waals surface area contributed by atoms with Gasteiger partial charge < -0.3 is 19.5 Å². The molecule has 30 heavy (non-hydrogen) atoms. The molecule has 4 rings (SSSR count). The SMILES string of the molecule is COc1ccc(CSc2nnc(SCC(=O)NCc3ccc4c(c3)OCO4)s2)cc1. The van der Waals surface area contributed by atoms with Gasteiger partial charge in [0.05, 0.1) is 12.9 Å². The fourth-order valence-electron chi connectivity index (χ4n) is 2.61. The first-order valence-corrected chi connectivity index (χ1v) is 11.9. The molecule has 0 saturated heterocycles. The summed E-state index contributed by atoms with van der Waals surface area (Å²) in [6.07, 6.45) is 0. The maximum atomic E-state index is 12.1. The minimum absolute atomic E-state index is 0.0553. The van der Waals surface area contributed by atoms with Crippen molar-refractivity contribution in [2.45, 2.75) is 21.0 Å². The van der Waals surface area contributed by atoms with Crippen LogP contribution in [0.2, 0.25) is 0 Å². The van der Waals surface area contributed by atoms with Gasteiger partial charge in [-0.3, -0.25) is 4.79 Å². The van der Waals surface area contributed by atoms with Gasteiger partial charge in [0.1, 0.15) is 5.75 Å². The molecule has 156 valence electrons. The van der Waals surface area contributed by atoms with Crippen LogP contribution in [-0.2, 0) is 17.1 Å². The van der Waals surface area contributed by atoms with Crippen LogP contribution in [0.15, 0.2) is 51.1 Å². The monoisotopic (exact) mass is 461 g/mol. The second-order valence-electron chi connectivity index (χ2n) is 6.22. The Bertz CT molecular complexity index is 1010. The van der Waals surface area contributed by atoms with Crippen molar-refractivity contribution in [2.75, 3.05) is 19.7 Å². The van der Waals surface area contributed by atoms with Crippen LogP contribution in [0.5, 0.6) is 17.2 Å². The molecule has 3 aromatic rings. The highest BCUT2D eigenvalue weighted by molar-refractivity contribution is 8.03. The summed E-state index contributed by atoms with van der Waals surface area (Å²) in [4.78, 5) is 12.1. The summed E-state index contributed by atoms with van der Waals surface area (Å²) in [6, 6.07) is 13.6. The Balaban J connectivity index is 1.19. The third kappa shape index (κ3) is 5.59. The average Bonchev–Trinajstić information content (AvgIpc) is 3.44. The lowest BCUT2D eigenvalue weighted by Gasteiger charge is -2.05. The van der Waals surface area contributed by atoms with Gasteiger partial charge in [-0.25, -0.2) is 0 Å². The number of methoxy groups -OCH3 is 1. The van der Waals surface area contributed by atoms with E-state index < -0.39 is 0 Å². The van der Waals surface area contributed by atoms with Gasteiger partial charge >= 0.3 is 0 Å². The Morgan fingerprint density at radius 1 is 1.07 bits per heavy atom. The molecule has 0 fully saturated rings. The molecule has 0 radical (unpaired) electrons. The number of hydrogen-bond donors (Lipinski definition) is 1. The number of amides is 1. The van der Waals surface area contributed by atoms with Gasteiger partial charge in [-0.15, -0.1) is 10.2 Å². The molecule has 0 saturated carbocycles. The van der Waals surface area contributed by atoms with Gasteiger partial charge in [0.2, 0.25) is 12.7 Å². The highest BCUT2D eigenvalue weighted by Crippen LogP contribution is 2.33. The van der Waals surface area contributed by atoms with Crippen LogP contribution >= 0.6 is 34.9 Å². The number of nitrogens with one attached hydrogen (secondary N) is 1. The minimum Gasteiger partial charge on any atom is -0.497 e. The Labute approximate surface area is 186 Å². The molecular weight excluding hydrogens is 442 g/mol. The molecule has 1 amide bonds. The van der Waals surface area contributed by atoms with E-state index in [1.165, 1.54) is 28.7 Å². The molecule has 0 atom stereocenters. The van der Waals surface area contributed by atoms with Crippen LogP contribution in [0.3, 0.4) is 0 Å². The predicted molar refractivity (Wildman–Crippen MR) is 118 cm³/mol. The van der Waals surface area contributed by atoms with Gasteiger partial charge in [-0.05, 0) is 35.4 Å². The lowest BCUT2D eigenvalue weighted by Crippen LogP contribution is -2.24. The first-order chi connectivity index (χ1) is 14.7. The number of thioether (sulfide) groups is 2. The lowest BCUT2D eigenvalue weighted by atomic mass is 10.2. The highest BCUT2D eigenvalue weighted by atomic mass is 32.2. The van der Waals surface area contributed by atoms with Gasteiger partial charge in [-0.2, -0.15) is 0 Å². The smallest absolute Gasteiger partial charge is 0.231 e. The predicted octanol–water partition coefficient (Wildman–Crippen LogP) is 3.98. The fourth-order valence-corrected chi connectivity index (χ4v) is 5.42. The molecule has 0 spiro atoms. The number of benzene rings is 2. The van der Waals surface area contributed by atoms with Crippen LogP contribution < -0.4 is 19.5 Å². The Hall–Kier alpha value is -2.43. The topological polar surface area (TPSA) is 82.6 Å². The molecule has 1 aliphatic rings. The number of fused-ring (bicyclic) bond motifs is 1. The summed E-state index contributed by atoms with van der Waals surface area (Å²) in [5.74, 6) is 3.33. The van der Waals surface area contributed by atoms with E-state index in [4.69, 9.17) is 14.2 Å². The quantitative estimate of drug-likeness (QED) is 0.479. The zero-order valence-electron chi connectivity index (χ0n) is 16.1. The summed E-state index contributed by atoms with van der Waals surface area (Å²) < 4.78 is 17.5. The number of aromatic nitrogens is 2. The van der Waals surface area contributed by atoms with Crippen molar-refractivity contribution in [1.29, 1.82) is 0 Å². The summed E-state index contributed by atoms with van der Waals surface area (Å²) in [5, 5.41) is 11.3. The van der Waals surface area contributed by atoms with E-state index in [-0.39, 0.29) is 12.7 Å². The van der Waals surface area contributed by atoms with Crippen LogP contribution in [0.25, 0.3) is 0 Å². The van der Waals surface area contributed by atoms with Crippen molar-refractivity contribution in [1.82, 2.24) is 15.5 Å². The summed E-state index contributed by atoms with van der Waals surface area (Å²) in [6.45, 7) is 0.680. The molecule has 0 aliphatic carbocycles. The van der Waals surface area contributed by atoms with Crippen molar-refractivity contribution < 1.29 is 19.0 Å². The Morgan fingerprint density at radius 3 is 2.60 bits per heavy atom. The van der Waals surface area contributed by atoms with Gasteiger partial charge in [0.25, 0.3) is 0 Å². The molecule has 7 nitrogen and oxygen atoms in total. The Kier molecular flexibility index (Phi) is 6.98. The molecule has 0 bridgehead atoms. The maximum Gasteiger partial charge on any atom is 0.231 e. The number of carbonyl (C=O) groups excluding carboxylic acids is 1. The highest BCUT2D eigenvalue weighted by Gasteiger charge is 2.14. The van der Waals surface area contributed by atoms with Crippen molar-refractivity contribution in [3.63, 3.8) is 0 Å². The van der Waals surface area contributed by atoms with Crippen LogP contribution in [0.4, 0.5) is 0 Å². The minimum atomic E-state index is -0.0553. The van der Waals surface area contributed by atoms with Crippen molar-refractivity contribution >= 4 is 40.8 Å². The number of nitrogens with zero attached hydrogens (tertiary/aromatic N) is 2. The number of carbonyl (C=O) groups is 1. The zero-order valence-corrected chi connectivity index (χ0v) is 18.6. The summed E-state index contributed by atoms with van der Waals surface area (Å²) in [7, 11) is 1.65. The van der Waals surface area contributed by atoms with E-state index in [0.717, 1.165) is 31.5 Å². The number of rotatable bonds is 9.